The maximum Gasteiger partial charge on any atom is 0.257 e. The maximum absolute atomic E-state index is 12.1. The first-order chi connectivity index (χ1) is 9.03. The number of aromatic nitrogens is 2. The normalized spacial score (nSPS) is 11.7. The maximum atomic E-state index is 12.1. The Morgan fingerprint density at radius 3 is 2.68 bits per heavy atom. The standard InChI is InChI=1S/C13H17N3O2S/c1-3-12-14-9-13(16-12)19(17,18)15-8-11-7-5-4-6-10(11)2/h4-7,9,15H,3,8H2,1-2H3,(H,14,16). The van der Waals surface area contributed by atoms with Gasteiger partial charge >= 0.3 is 0 Å². The third-order valence-corrected chi connectivity index (χ3v) is 4.25. The molecule has 0 unspecified atom stereocenters. The van der Waals surface area contributed by atoms with E-state index in [1.165, 1.54) is 6.20 Å². The summed E-state index contributed by atoms with van der Waals surface area (Å²) in [6, 6.07) is 7.68. The van der Waals surface area contributed by atoms with Crippen molar-refractivity contribution in [2.45, 2.75) is 31.8 Å². The number of rotatable bonds is 5. The fraction of sp³-hybridized carbons (Fsp3) is 0.308. The van der Waals surface area contributed by atoms with Gasteiger partial charge in [-0.15, -0.1) is 0 Å². The van der Waals surface area contributed by atoms with Crippen molar-refractivity contribution in [1.82, 2.24) is 14.7 Å². The molecule has 0 atom stereocenters. The Morgan fingerprint density at radius 1 is 1.32 bits per heavy atom. The summed E-state index contributed by atoms with van der Waals surface area (Å²) in [4.78, 5) is 6.79. The van der Waals surface area contributed by atoms with Crippen LogP contribution in [-0.2, 0) is 23.0 Å². The molecule has 0 saturated carbocycles. The van der Waals surface area contributed by atoms with Gasteiger partial charge in [0.25, 0.3) is 10.0 Å². The summed E-state index contributed by atoms with van der Waals surface area (Å²) < 4.78 is 26.7. The first-order valence-electron chi connectivity index (χ1n) is 6.11. The monoisotopic (exact) mass is 279 g/mol. The number of benzene rings is 1. The highest BCUT2D eigenvalue weighted by atomic mass is 32.2. The van der Waals surface area contributed by atoms with Gasteiger partial charge in [0.15, 0.2) is 5.03 Å². The molecule has 6 heteroatoms. The van der Waals surface area contributed by atoms with Gasteiger partial charge in [0, 0.05) is 13.0 Å². The van der Waals surface area contributed by atoms with E-state index in [1.54, 1.807) is 0 Å². The molecule has 19 heavy (non-hydrogen) atoms. The van der Waals surface area contributed by atoms with Crippen LogP contribution in [0.15, 0.2) is 35.5 Å². The zero-order valence-electron chi connectivity index (χ0n) is 11.0. The highest BCUT2D eigenvalue weighted by Crippen LogP contribution is 2.10. The second-order valence-electron chi connectivity index (χ2n) is 4.30. The topological polar surface area (TPSA) is 74.8 Å². The highest BCUT2D eigenvalue weighted by molar-refractivity contribution is 7.89. The zero-order valence-corrected chi connectivity index (χ0v) is 11.8. The summed E-state index contributed by atoms with van der Waals surface area (Å²) in [6.45, 7) is 4.14. The Labute approximate surface area is 113 Å². The van der Waals surface area contributed by atoms with Gasteiger partial charge in [-0.05, 0) is 18.1 Å². The molecule has 102 valence electrons. The predicted octanol–water partition coefficient (Wildman–Crippen LogP) is 1.76. The second-order valence-corrected chi connectivity index (χ2v) is 6.03. The SMILES string of the molecule is CCc1ncc(S(=O)(=O)NCc2ccccc2C)[nH]1. The van der Waals surface area contributed by atoms with E-state index in [-0.39, 0.29) is 11.6 Å². The van der Waals surface area contributed by atoms with E-state index < -0.39 is 10.0 Å². The lowest BCUT2D eigenvalue weighted by atomic mass is 10.1. The van der Waals surface area contributed by atoms with Gasteiger partial charge in [-0.25, -0.2) is 18.1 Å². The zero-order chi connectivity index (χ0) is 13.9. The number of hydrogen-bond donors (Lipinski definition) is 2. The molecule has 0 spiro atoms. The quantitative estimate of drug-likeness (QED) is 0.875. The van der Waals surface area contributed by atoms with Gasteiger partial charge in [0.2, 0.25) is 0 Å². The van der Waals surface area contributed by atoms with Gasteiger partial charge in [-0.3, -0.25) is 0 Å². The summed E-state index contributed by atoms with van der Waals surface area (Å²) >= 11 is 0. The number of nitrogens with zero attached hydrogens (tertiary/aromatic N) is 1. The molecule has 1 aromatic carbocycles. The number of imidazole rings is 1. The van der Waals surface area contributed by atoms with Gasteiger partial charge in [0.1, 0.15) is 5.82 Å². The van der Waals surface area contributed by atoms with E-state index in [1.807, 2.05) is 38.1 Å². The van der Waals surface area contributed by atoms with E-state index in [9.17, 15) is 8.42 Å². The fourth-order valence-electron chi connectivity index (χ4n) is 1.72. The summed E-state index contributed by atoms with van der Waals surface area (Å²) in [7, 11) is -3.53. The third-order valence-electron chi connectivity index (χ3n) is 2.94. The Kier molecular flexibility index (Phi) is 4.01. The largest absolute Gasteiger partial charge is 0.332 e. The van der Waals surface area contributed by atoms with Crippen molar-refractivity contribution in [3.8, 4) is 0 Å². The van der Waals surface area contributed by atoms with Crippen LogP contribution >= 0.6 is 0 Å². The molecule has 5 nitrogen and oxygen atoms in total. The Hall–Kier alpha value is -1.66. The Balaban J connectivity index is 2.12. The van der Waals surface area contributed by atoms with Crippen molar-refractivity contribution in [2.75, 3.05) is 0 Å². The molecule has 0 amide bonds. The minimum atomic E-state index is -3.53. The fourth-order valence-corrected chi connectivity index (χ4v) is 2.66. The Bertz CT molecular complexity index is 662. The van der Waals surface area contributed by atoms with Gasteiger partial charge in [0.05, 0.1) is 6.20 Å². The van der Waals surface area contributed by atoms with Gasteiger partial charge in [-0.1, -0.05) is 31.2 Å². The second kappa shape index (κ2) is 5.54. The minimum Gasteiger partial charge on any atom is -0.332 e. The smallest absolute Gasteiger partial charge is 0.257 e. The van der Waals surface area contributed by atoms with E-state index in [0.29, 0.717) is 12.2 Å². The number of aryl methyl sites for hydroxylation is 2. The van der Waals surface area contributed by atoms with Crippen molar-refractivity contribution in [3.05, 3.63) is 47.4 Å². The van der Waals surface area contributed by atoms with E-state index >= 15 is 0 Å². The van der Waals surface area contributed by atoms with Gasteiger partial charge in [-0.2, -0.15) is 0 Å². The summed E-state index contributed by atoms with van der Waals surface area (Å²) in [6.07, 6.45) is 2.02. The molecule has 2 N–H and O–H groups in total. The number of aromatic amines is 1. The van der Waals surface area contributed by atoms with Crippen LogP contribution in [0.5, 0.6) is 0 Å². The molecule has 0 aliphatic carbocycles. The molecule has 0 saturated heterocycles. The molecule has 2 rings (SSSR count). The minimum absolute atomic E-state index is 0.109. The number of sulfonamides is 1. The molecule has 1 aromatic heterocycles. The van der Waals surface area contributed by atoms with E-state index in [0.717, 1.165) is 11.1 Å². The van der Waals surface area contributed by atoms with Crippen LogP contribution in [0.3, 0.4) is 0 Å². The summed E-state index contributed by atoms with van der Waals surface area (Å²) in [5, 5.41) is 0.109. The Morgan fingerprint density at radius 2 is 2.05 bits per heavy atom. The lowest BCUT2D eigenvalue weighted by Gasteiger charge is -2.07. The van der Waals surface area contributed by atoms with E-state index in [4.69, 9.17) is 0 Å². The molecule has 0 aliphatic rings. The first kappa shape index (κ1) is 13.8. The van der Waals surface area contributed by atoms with Crippen LogP contribution < -0.4 is 4.72 Å². The molecule has 0 radical (unpaired) electrons. The van der Waals surface area contributed by atoms with E-state index in [2.05, 4.69) is 14.7 Å². The third kappa shape index (κ3) is 3.21. The summed E-state index contributed by atoms with van der Waals surface area (Å²) in [5.74, 6) is 0.663. The summed E-state index contributed by atoms with van der Waals surface area (Å²) in [5.41, 5.74) is 2.02. The van der Waals surface area contributed by atoms with Crippen molar-refractivity contribution >= 4 is 10.0 Å². The lowest BCUT2D eigenvalue weighted by molar-refractivity contribution is 0.577. The number of hydrogen-bond acceptors (Lipinski definition) is 3. The number of nitrogens with one attached hydrogen (secondary N) is 2. The molecule has 0 aliphatic heterocycles. The van der Waals surface area contributed by atoms with Crippen molar-refractivity contribution in [2.24, 2.45) is 0 Å². The van der Waals surface area contributed by atoms with Crippen LogP contribution in [0.2, 0.25) is 0 Å². The average molecular weight is 279 g/mol. The number of H-pyrrole nitrogens is 1. The van der Waals surface area contributed by atoms with Crippen molar-refractivity contribution < 1.29 is 8.42 Å². The van der Waals surface area contributed by atoms with Crippen LogP contribution in [0.4, 0.5) is 0 Å². The van der Waals surface area contributed by atoms with Crippen LogP contribution in [0.1, 0.15) is 23.9 Å². The lowest BCUT2D eigenvalue weighted by Crippen LogP contribution is -2.24. The molecular weight excluding hydrogens is 262 g/mol. The van der Waals surface area contributed by atoms with Crippen LogP contribution in [0, 0.1) is 6.92 Å². The average Bonchev–Trinajstić information content (AvgIpc) is 2.87. The van der Waals surface area contributed by atoms with Gasteiger partial charge < -0.3 is 4.98 Å². The molecule has 2 aromatic rings. The van der Waals surface area contributed by atoms with Crippen molar-refractivity contribution in [1.29, 1.82) is 0 Å². The molecular formula is C13H17N3O2S. The van der Waals surface area contributed by atoms with Crippen LogP contribution in [-0.4, -0.2) is 18.4 Å². The highest BCUT2D eigenvalue weighted by Gasteiger charge is 2.16. The predicted molar refractivity (Wildman–Crippen MR) is 73.2 cm³/mol. The molecule has 1 heterocycles. The molecule has 0 bridgehead atoms. The van der Waals surface area contributed by atoms with Crippen molar-refractivity contribution in [3.63, 3.8) is 0 Å². The van der Waals surface area contributed by atoms with Crippen LogP contribution in [0.25, 0.3) is 0 Å². The first-order valence-corrected chi connectivity index (χ1v) is 7.59. The molecule has 0 fully saturated rings.